The van der Waals surface area contributed by atoms with Crippen molar-refractivity contribution >= 4 is 0 Å². The molecule has 4 heteroatoms. The van der Waals surface area contributed by atoms with Crippen LogP contribution >= 0.6 is 0 Å². The van der Waals surface area contributed by atoms with Crippen molar-refractivity contribution < 1.29 is 15.3 Å². The zero-order valence-corrected chi connectivity index (χ0v) is 26.9. The normalized spacial score (nSPS) is 50.5. The van der Waals surface area contributed by atoms with Crippen molar-refractivity contribution in [2.24, 2.45) is 44.3 Å². The molecule has 10 atom stereocenters. The summed E-state index contributed by atoms with van der Waals surface area (Å²) in [5.41, 5.74) is 0.833. The molecule has 1 aromatic rings. The van der Waals surface area contributed by atoms with Crippen molar-refractivity contribution in [3.63, 3.8) is 0 Å². The van der Waals surface area contributed by atoms with Crippen LogP contribution in [0.15, 0.2) is 42.0 Å². The summed E-state index contributed by atoms with van der Waals surface area (Å²) in [5, 5.41) is 40.2. The second-order valence-electron chi connectivity index (χ2n) is 17.2. The second-order valence-corrected chi connectivity index (χ2v) is 17.2. The number of hydrogen-bond donors (Lipinski definition) is 4. The van der Waals surface area contributed by atoms with E-state index >= 15 is 0 Å². The third-order valence-electron chi connectivity index (χ3n) is 14.8. The SMILES string of the molecule is CC1(C)[C@@H](O)CC[C@]2(C)C3=CC(O)[C@]4(O)C5C[C@@](C)(CNCc6ccccc6)CC[C@]5(C)CC[C@@]4(C)[C@]3(C)CC[C@@H]12. The van der Waals surface area contributed by atoms with Gasteiger partial charge in [0.05, 0.1) is 6.10 Å². The zero-order valence-electron chi connectivity index (χ0n) is 26.9. The van der Waals surface area contributed by atoms with Gasteiger partial charge in [-0.3, -0.25) is 0 Å². The first kappa shape index (κ1) is 29.9. The van der Waals surface area contributed by atoms with Crippen LogP contribution < -0.4 is 5.32 Å². The van der Waals surface area contributed by atoms with Crippen molar-refractivity contribution in [2.75, 3.05) is 6.54 Å². The minimum Gasteiger partial charge on any atom is -0.393 e. The average molecular weight is 564 g/mol. The third kappa shape index (κ3) is 3.99. The fourth-order valence-electron chi connectivity index (χ4n) is 11.7. The van der Waals surface area contributed by atoms with Gasteiger partial charge in [0.15, 0.2) is 0 Å². The van der Waals surface area contributed by atoms with E-state index in [9.17, 15) is 15.3 Å². The molecule has 41 heavy (non-hydrogen) atoms. The minimum absolute atomic E-state index is 0.0356. The van der Waals surface area contributed by atoms with Crippen LogP contribution in [0.5, 0.6) is 0 Å². The van der Waals surface area contributed by atoms with Gasteiger partial charge in [0.2, 0.25) is 0 Å². The Bertz CT molecular complexity index is 1200. The van der Waals surface area contributed by atoms with Crippen molar-refractivity contribution in [1.29, 1.82) is 0 Å². The first-order valence-corrected chi connectivity index (χ1v) is 16.6. The van der Waals surface area contributed by atoms with Crippen LogP contribution in [-0.4, -0.2) is 39.7 Å². The zero-order chi connectivity index (χ0) is 29.7. The lowest BCUT2D eigenvalue weighted by atomic mass is 9.32. The molecule has 4 saturated carbocycles. The molecule has 0 radical (unpaired) electrons. The lowest BCUT2D eigenvalue weighted by molar-refractivity contribution is -0.288. The fourth-order valence-corrected chi connectivity index (χ4v) is 11.7. The Morgan fingerprint density at radius 1 is 0.805 bits per heavy atom. The highest BCUT2D eigenvalue weighted by Gasteiger charge is 2.74. The maximum Gasteiger partial charge on any atom is 0.104 e. The van der Waals surface area contributed by atoms with E-state index in [1.54, 1.807) is 0 Å². The lowest BCUT2D eigenvalue weighted by Gasteiger charge is -2.74. The standard InChI is InChI=1S/C37H57NO3/c1-31(2)26-13-16-35(6)27(34(26,5)15-14-29(31)39)21-30(40)37(41)28-22-32(3,24-38-23-25-11-9-8-10-12-25)17-18-33(28,4)19-20-36(35,37)7/h8-12,21,26,28-30,38-41H,13-20,22-24H2,1-7H3/t26-,28?,29-,30?,32-,33+,34-,35+,36-,37+/m0/s1. The van der Waals surface area contributed by atoms with E-state index in [2.05, 4.69) is 90.2 Å². The Morgan fingerprint density at radius 3 is 2.20 bits per heavy atom. The van der Waals surface area contributed by atoms with Crippen LogP contribution in [0.2, 0.25) is 0 Å². The first-order chi connectivity index (χ1) is 19.1. The topological polar surface area (TPSA) is 72.7 Å². The maximum absolute atomic E-state index is 13.2. The molecule has 4 nitrogen and oxygen atoms in total. The molecule has 6 rings (SSSR count). The number of aliphatic hydroxyl groups is 3. The summed E-state index contributed by atoms with van der Waals surface area (Å²) in [5.74, 6) is 0.424. The van der Waals surface area contributed by atoms with Crippen LogP contribution in [0.3, 0.4) is 0 Å². The fraction of sp³-hybridized carbons (Fsp3) is 0.784. The van der Waals surface area contributed by atoms with Gasteiger partial charge in [0.1, 0.15) is 11.7 Å². The summed E-state index contributed by atoms with van der Waals surface area (Å²) in [6.07, 6.45) is 10.1. The Hall–Kier alpha value is -1.20. The molecule has 4 fully saturated rings. The summed E-state index contributed by atoms with van der Waals surface area (Å²) in [6, 6.07) is 10.6. The van der Waals surface area contributed by atoms with Crippen molar-refractivity contribution in [3.05, 3.63) is 47.5 Å². The van der Waals surface area contributed by atoms with E-state index in [-0.39, 0.29) is 39.1 Å². The molecule has 228 valence electrons. The van der Waals surface area contributed by atoms with Crippen molar-refractivity contribution in [3.8, 4) is 0 Å². The number of aliphatic hydroxyl groups excluding tert-OH is 2. The Balaban J connectivity index is 1.35. The number of nitrogens with one attached hydrogen (secondary N) is 1. The number of fused-ring (bicyclic) bond motifs is 7. The summed E-state index contributed by atoms with van der Waals surface area (Å²) in [4.78, 5) is 0. The van der Waals surface area contributed by atoms with Crippen LogP contribution in [-0.2, 0) is 6.54 Å². The highest BCUT2D eigenvalue weighted by Crippen LogP contribution is 2.76. The van der Waals surface area contributed by atoms with Crippen molar-refractivity contribution in [2.45, 2.75) is 131 Å². The monoisotopic (exact) mass is 563 g/mol. The smallest absolute Gasteiger partial charge is 0.104 e. The van der Waals surface area contributed by atoms with E-state index in [0.717, 1.165) is 70.9 Å². The predicted octanol–water partition coefficient (Wildman–Crippen LogP) is 7.02. The molecule has 0 aliphatic heterocycles. The Morgan fingerprint density at radius 2 is 1.49 bits per heavy atom. The number of benzene rings is 1. The molecule has 0 amide bonds. The molecule has 4 N–H and O–H groups in total. The average Bonchev–Trinajstić information content (AvgIpc) is 2.92. The second kappa shape index (κ2) is 9.40. The predicted molar refractivity (Wildman–Crippen MR) is 166 cm³/mol. The van der Waals surface area contributed by atoms with Crippen molar-refractivity contribution in [1.82, 2.24) is 5.32 Å². The van der Waals surface area contributed by atoms with E-state index in [1.165, 1.54) is 11.1 Å². The molecule has 5 aliphatic rings. The van der Waals surface area contributed by atoms with Crippen LogP contribution in [0.25, 0.3) is 0 Å². The molecule has 0 bridgehead atoms. The van der Waals surface area contributed by atoms with Gasteiger partial charge < -0.3 is 20.6 Å². The van der Waals surface area contributed by atoms with Gasteiger partial charge in [-0.05, 0) is 102 Å². The highest BCUT2D eigenvalue weighted by atomic mass is 16.3. The van der Waals surface area contributed by atoms with Gasteiger partial charge in [0.25, 0.3) is 0 Å². The Kier molecular flexibility index (Phi) is 6.84. The van der Waals surface area contributed by atoms with Gasteiger partial charge >= 0.3 is 0 Å². The molecule has 0 heterocycles. The number of rotatable bonds is 4. The molecule has 5 aliphatic carbocycles. The molecular weight excluding hydrogens is 506 g/mol. The van der Waals surface area contributed by atoms with Gasteiger partial charge in [-0.25, -0.2) is 0 Å². The van der Waals surface area contributed by atoms with Gasteiger partial charge in [-0.1, -0.05) is 90.4 Å². The quantitative estimate of drug-likeness (QED) is 0.297. The molecule has 0 aromatic heterocycles. The Labute approximate surface area is 249 Å². The van der Waals surface area contributed by atoms with Gasteiger partial charge in [-0.2, -0.15) is 0 Å². The van der Waals surface area contributed by atoms with E-state index in [4.69, 9.17) is 0 Å². The van der Waals surface area contributed by atoms with Crippen LogP contribution in [0.4, 0.5) is 0 Å². The van der Waals surface area contributed by atoms with Gasteiger partial charge in [-0.15, -0.1) is 0 Å². The van der Waals surface area contributed by atoms with E-state index in [1.807, 2.05) is 0 Å². The molecule has 0 saturated heterocycles. The van der Waals surface area contributed by atoms with Crippen LogP contribution in [0, 0.1) is 44.3 Å². The number of allylic oxidation sites excluding steroid dienone is 1. The molecular formula is C37H57NO3. The lowest BCUT2D eigenvalue weighted by Crippen LogP contribution is -2.75. The third-order valence-corrected chi connectivity index (χ3v) is 14.8. The molecule has 0 spiro atoms. The summed E-state index contributed by atoms with van der Waals surface area (Å²) >= 11 is 0. The number of hydrogen-bond acceptors (Lipinski definition) is 4. The minimum atomic E-state index is -1.16. The van der Waals surface area contributed by atoms with E-state index in [0.29, 0.717) is 5.92 Å². The van der Waals surface area contributed by atoms with Crippen LogP contribution in [0.1, 0.15) is 112 Å². The first-order valence-electron chi connectivity index (χ1n) is 16.6. The summed E-state index contributed by atoms with van der Waals surface area (Å²) < 4.78 is 0. The maximum atomic E-state index is 13.2. The molecule has 1 aromatic carbocycles. The molecule has 2 unspecified atom stereocenters. The summed E-state index contributed by atoms with van der Waals surface area (Å²) in [6.45, 7) is 18.3. The van der Waals surface area contributed by atoms with Gasteiger partial charge in [0, 0.05) is 18.5 Å². The highest BCUT2D eigenvalue weighted by molar-refractivity contribution is 5.40. The largest absolute Gasteiger partial charge is 0.393 e. The summed E-state index contributed by atoms with van der Waals surface area (Å²) in [7, 11) is 0. The van der Waals surface area contributed by atoms with E-state index < -0.39 is 17.1 Å².